The lowest BCUT2D eigenvalue weighted by Crippen LogP contribution is -2.11. The fraction of sp³-hybridized carbons (Fsp3) is 0.357. The summed E-state index contributed by atoms with van der Waals surface area (Å²) in [7, 11) is 0. The van der Waals surface area contributed by atoms with Gasteiger partial charge in [-0.05, 0) is 40.9 Å². The Bertz CT molecular complexity index is 604. The first-order valence-corrected chi connectivity index (χ1v) is 8.29. The van der Waals surface area contributed by atoms with E-state index in [-0.39, 0.29) is 11.6 Å². The molecule has 2 N–H and O–H groups in total. The molecule has 0 fully saturated rings. The average Bonchev–Trinajstić information content (AvgIpc) is 2.85. The maximum Gasteiger partial charge on any atom is 0.168 e. The van der Waals surface area contributed by atoms with Crippen molar-refractivity contribution in [2.45, 2.75) is 19.8 Å². The summed E-state index contributed by atoms with van der Waals surface area (Å²) in [4.78, 5) is 5.15. The van der Waals surface area contributed by atoms with Gasteiger partial charge in [0.25, 0.3) is 0 Å². The van der Waals surface area contributed by atoms with Crippen LogP contribution in [0.3, 0.4) is 0 Å². The fourth-order valence-electron chi connectivity index (χ4n) is 1.75. The van der Waals surface area contributed by atoms with Crippen LogP contribution in [0.15, 0.2) is 22.0 Å². The molecule has 0 bridgehead atoms. The summed E-state index contributed by atoms with van der Waals surface area (Å²) in [5, 5.41) is 5.76. The molecular formula is C14H16BrF2N3S. The maximum atomic E-state index is 13.7. The lowest BCUT2D eigenvalue weighted by molar-refractivity contribution is 0.578. The Morgan fingerprint density at radius 3 is 2.38 bits per heavy atom. The van der Waals surface area contributed by atoms with Crippen LogP contribution in [-0.4, -0.2) is 18.1 Å². The van der Waals surface area contributed by atoms with Crippen molar-refractivity contribution in [3.63, 3.8) is 0 Å². The van der Waals surface area contributed by atoms with E-state index in [1.54, 1.807) is 11.3 Å². The molecule has 0 saturated heterocycles. The van der Waals surface area contributed by atoms with Gasteiger partial charge in [0.05, 0.1) is 3.79 Å². The van der Waals surface area contributed by atoms with Crippen molar-refractivity contribution in [1.29, 1.82) is 0 Å². The molecule has 3 nitrogen and oxygen atoms in total. The van der Waals surface area contributed by atoms with E-state index in [9.17, 15) is 8.78 Å². The predicted molar refractivity (Wildman–Crippen MR) is 87.1 cm³/mol. The summed E-state index contributed by atoms with van der Waals surface area (Å²) in [6, 6.07) is 4.84. The number of aromatic nitrogens is 1. The standard InChI is InChI=1S/C14H16BrF2N3S/c1-2-6-18-13-10(16)8-11(17)14(20-13)19-7-5-9-3-4-12(15)21-9/h3-4,8H,2,5-7H2,1H3,(H2,18,19,20). The smallest absolute Gasteiger partial charge is 0.168 e. The van der Waals surface area contributed by atoms with Gasteiger partial charge in [0.2, 0.25) is 0 Å². The second-order valence-corrected chi connectivity index (χ2v) is 7.01. The summed E-state index contributed by atoms with van der Waals surface area (Å²) in [5.41, 5.74) is 0. The number of nitrogens with zero attached hydrogens (tertiary/aromatic N) is 1. The van der Waals surface area contributed by atoms with Crippen molar-refractivity contribution in [1.82, 2.24) is 4.98 Å². The van der Waals surface area contributed by atoms with Crippen molar-refractivity contribution >= 4 is 38.9 Å². The van der Waals surface area contributed by atoms with E-state index in [0.717, 1.165) is 22.7 Å². The van der Waals surface area contributed by atoms with Crippen molar-refractivity contribution in [3.8, 4) is 0 Å². The molecule has 0 aromatic carbocycles. The summed E-state index contributed by atoms with van der Waals surface area (Å²) >= 11 is 5.03. The molecular weight excluding hydrogens is 360 g/mol. The van der Waals surface area contributed by atoms with Crippen LogP contribution < -0.4 is 10.6 Å². The van der Waals surface area contributed by atoms with Gasteiger partial charge in [-0.2, -0.15) is 0 Å². The Labute approximate surface area is 134 Å². The molecule has 7 heteroatoms. The monoisotopic (exact) mass is 375 g/mol. The molecule has 0 amide bonds. The highest BCUT2D eigenvalue weighted by Gasteiger charge is 2.11. The minimum Gasteiger partial charge on any atom is -0.368 e. The summed E-state index contributed by atoms with van der Waals surface area (Å²) in [6.07, 6.45) is 1.60. The first kappa shape index (κ1) is 16.2. The lowest BCUT2D eigenvalue weighted by Gasteiger charge is -2.10. The quantitative estimate of drug-likeness (QED) is 0.738. The van der Waals surface area contributed by atoms with E-state index >= 15 is 0 Å². The Hall–Kier alpha value is -1.21. The van der Waals surface area contributed by atoms with Crippen LogP contribution in [0.1, 0.15) is 18.2 Å². The number of pyridine rings is 1. The summed E-state index contributed by atoms with van der Waals surface area (Å²) in [6.45, 7) is 3.10. The van der Waals surface area contributed by atoms with Gasteiger partial charge in [-0.15, -0.1) is 11.3 Å². The van der Waals surface area contributed by atoms with E-state index in [1.807, 2.05) is 19.1 Å². The van der Waals surface area contributed by atoms with Crippen LogP contribution in [-0.2, 0) is 6.42 Å². The van der Waals surface area contributed by atoms with E-state index in [1.165, 1.54) is 4.88 Å². The molecule has 2 aromatic rings. The molecule has 21 heavy (non-hydrogen) atoms. The predicted octanol–water partition coefficient (Wildman–Crippen LogP) is 4.66. The number of hydrogen-bond donors (Lipinski definition) is 2. The van der Waals surface area contributed by atoms with Crippen LogP contribution in [0, 0.1) is 11.6 Å². The minimum atomic E-state index is -0.679. The molecule has 0 radical (unpaired) electrons. The zero-order valence-electron chi connectivity index (χ0n) is 11.5. The van der Waals surface area contributed by atoms with Crippen LogP contribution >= 0.6 is 27.3 Å². The van der Waals surface area contributed by atoms with Gasteiger partial charge in [-0.25, -0.2) is 13.8 Å². The lowest BCUT2D eigenvalue weighted by atomic mass is 10.3. The third-order valence-corrected chi connectivity index (χ3v) is 4.45. The highest BCUT2D eigenvalue weighted by Crippen LogP contribution is 2.23. The fourth-order valence-corrected chi connectivity index (χ4v) is 3.23. The van der Waals surface area contributed by atoms with E-state index in [0.29, 0.717) is 13.1 Å². The number of nitrogens with one attached hydrogen (secondary N) is 2. The minimum absolute atomic E-state index is 0.0747. The van der Waals surface area contributed by atoms with Crippen molar-refractivity contribution in [3.05, 3.63) is 38.5 Å². The Morgan fingerprint density at radius 2 is 1.81 bits per heavy atom. The van der Waals surface area contributed by atoms with Crippen LogP contribution in [0.25, 0.3) is 0 Å². The third kappa shape index (κ3) is 4.64. The number of thiophene rings is 1. The second kappa shape index (κ2) is 7.70. The SMILES string of the molecule is CCCNc1nc(NCCc2ccc(Br)s2)c(F)cc1F. The van der Waals surface area contributed by atoms with Gasteiger partial charge < -0.3 is 10.6 Å². The molecule has 114 valence electrons. The second-order valence-electron chi connectivity index (χ2n) is 4.46. The first-order chi connectivity index (χ1) is 10.1. The molecule has 0 unspecified atom stereocenters. The van der Waals surface area contributed by atoms with Crippen LogP contribution in [0.5, 0.6) is 0 Å². The normalized spacial score (nSPS) is 10.7. The maximum absolute atomic E-state index is 13.7. The number of anilines is 2. The van der Waals surface area contributed by atoms with E-state index in [2.05, 4.69) is 31.5 Å². The van der Waals surface area contributed by atoms with Gasteiger partial charge in [-0.1, -0.05) is 6.92 Å². The summed E-state index contributed by atoms with van der Waals surface area (Å²) in [5.74, 6) is -1.19. The molecule has 0 saturated carbocycles. The highest BCUT2D eigenvalue weighted by molar-refractivity contribution is 9.11. The molecule has 0 aliphatic rings. The van der Waals surface area contributed by atoms with Gasteiger partial charge in [0.15, 0.2) is 23.3 Å². The molecule has 0 aliphatic carbocycles. The van der Waals surface area contributed by atoms with Gasteiger partial charge in [0.1, 0.15) is 0 Å². The van der Waals surface area contributed by atoms with Crippen LogP contribution in [0.2, 0.25) is 0 Å². The molecule has 2 heterocycles. The topological polar surface area (TPSA) is 37.0 Å². The molecule has 0 aliphatic heterocycles. The molecule has 2 aromatic heterocycles. The van der Waals surface area contributed by atoms with Crippen molar-refractivity contribution in [2.24, 2.45) is 0 Å². The molecule has 0 atom stereocenters. The largest absolute Gasteiger partial charge is 0.368 e. The Balaban J connectivity index is 1.98. The number of rotatable bonds is 7. The first-order valence-electron chi connectivity index (χ1n) is 6.68. The number of halogens is 3. The van der Waals surface area contributed by atoms with E-state index in [4.69, 9.17) is 0 Å². The van der Waals surface area contributed by atoms with Gasteiger partial charge in [0, 0.05) is 24.0 Å². The van der Waals surface area contributed by atoms with Gasteiger partial charge in [-0.3, -0.25) is 0 Å². The zero-order valence-corrected chi connectivity index (χ0v) is 14.0. The Morgan fingerprint density at radius 1 is 1.14 bits per heavy atom. The van der Waals surface area contributed by atoms with Crippen molar-refractivity contribution < 1.29 is 8.78 Å². The summed E-state index contributed by atoms with van der Waals surface area (Å²) < 4.78 is 28.3. The average molecular weight is 376 g/mol. The highest BCUT2D eigenvalue weighted by atomic mass is 79.9. The van der Waals surface area contributed by atoms with Gasteiger partial charge >= 0.3 is 0 Å². The molecule has 2 rings (SSSR count). The van der Waals surface area contributed by atoms with Crippen LogP contribution in [0.4, 0.5) is 20.4 Å². The third-order valence-electron chi connectivity index (χ3n) is 2.76. The zero-order chi connectivity index (χ0) is 15.2. The Kier molecular flexibility index (Phi) is 5.93. The van der Waals surface area contributed by atoms with E-state index < -0.39 is 11.6 Å². The van der Waals surface area contributed by atoms with Crippen molar-refractivity contribution in [2.75, 3.05) is 23.7 Å². The number of hydrogen-bond acceptors (Lipinski definition) is 4. The molecule has 0 spiro atoms.